The molecule has 2 unspecified atom stereocenters. The number of ether oxygens (including phenoxy) is 2. The SMILES string of the molecule is C.CC(=O)SC[C@H]1C[C@]2(N)O[C@H]1n1c3c(c4ccccc41)C1=C(C(=O)NC1=O)C1(C)c4ccccc4N2C31.CO[C@H]1C[C@H](COS(C)(=O)=O)n2c3ccccc3c3c4c(c5c6ccccc6n1c5c32)C(=O)NC4=O. The van der Waals surface area contributed by atoms with E-state index in [1.54, 1.807) is 14.0 Å². The van der Waals surface area contributed by atoms with Crippen LogP contribution in [-0.2, 0) is 43.6 Å². The first-order valence-electron chi connectivity index (χ1n) is 24.0. The molecule has 4 N–H and O–H groups in total. The number of para-hydroxylation sites is 4. The zero-order chi connectivity index (χ0) is 50.4. The molecule has 0 spiro atoms. The molecule has 1 aliphatic carbocycles. The second kappa shape index (κ2) is 15.7. The van der Waals surface area contributed by atoms with Crippen molar-refractivity contribution in [3.63, 3.8) is 0 Å². The van der Waals surface area contributed by atoms with Crippen LogP contribution in [0.1, 0.15) is 96.2 Å². The number of hydrogen-bond acceptors (Lipinski definition) is 13. The summed E-state index contributed by atoms with van der Waals surface area (Å²) in [6.07, 6.45) is 1.07. The minimum Gasteiger partial charge on any atom is -0.361 e. The Morgan fingerprint density at radius 3 is 1.99 bits per heavy atom. The van der Waals surface area contributed by atoms with Crippen molar-refractivity contribution < 1.29 is 46.0 Å². The Balaban J connectivity index is 0.000000141. The first-order valence-corrected chi connectivity index (χ1v) is 26.8. The van der Waals surface area contributed by atoms with Crippen LogP contribution in [0, 0.1) is 5.92 Å². The highest BCUT2D eigenvalue weighted by molar-refractivity contribution is 8.13. The van der Waals surface area contributed by atoms with Gasteiger partial charge in [-0.3, -0.25) is 44.5 Å². The molecule has 1 saturated heterocycles. The maximum Gasteiger partial charge on any atom is 0.264 e. The topological polar surface area (TPSA) is 215 Å². The average Bonchev–Trinajstić information content (AvgIpc) is 4.20. The molecule has 4 amide bonds. The minimum absolute atomic E-state index is 0. The summed E-state index contributed by atoms with van der Waals surface area (Å²) >= 11 is 1.29. The summed E-state index contributed by atoms with van der Waals surface area (Å²) < 4.78 is 48.4. The van der Waals surface area contributed by atoms with Gasteiger partial charge in [-0.25, -0.2) is 0 Å². The van der Waals surface area contributed by atoms with Crippen molar-refractivity contribution in [3.8, 4) is 0 Å². The molecular formula is C55H49N7O10S2. The minimum atomic E-state index is -3.70. The van der Waals surface area contributed by atoms with Crippen molar-refractivity contribution in [2.45, 2.75) is 69.9 Å². The molecule has 15 rings (SSSR count). The van der Waals surface area contributed by atoms with E-state index in [4.69, 9.17) is 19.4 Å². The fraction of sp³-hybridized carbons (Fsp3) is 0.291. The Hall–Kier alpha value is -7.13. The van der Waals surface area contributed by atoms with Crippen LogP contribution in [0.15, 0.2) is 103 Å². The highest BCUT2D eigenvalue weighted by Crippen LogP contribution is 2.68. The molecule has 74 heavy (non-hydrogen) atoms. The van der Waals surface area contributed by atoms with Gasteiger partial charge in [0.15, 0.2) is 11.0 Å². The van der Waals surface area contributed by atoms with E-state index in [2.05, 4.69) is 36.2 Å². The van der Waals surface area contributed by atoms with Crippen molar-refractivity contribution >= 4 is 116 Å². The fourth-order valence-electron chi connectivity index (χ4n) is 13.7. The van der Waals surface area contributed by atoms with Crippen LogP contribution in [-0.4, -0.2) is 82.4 Å². The van der Waals surface area contributed by atoms with Crippen molar-refractivity contribution in [1.29, 1.82) is 0 Å². The van der Waals surface area contributed by atoms with Crippen LogP contribution in [0.4, 0.5) is 5.69 Å². The third-order valence-electron chi connectivity index (χ3n) is 16.2. The zero-order valence-corrected chi connectivity index (χ0v) is 41.4. The van der Waals surface area contributed by atoms with Gasteiger partial charge < -0.3 is 28.1 Å². The predicted molar refractivity (Wildman–Crippen MR) is 281 cm³/mol. The largest absolute Gasteiger partial charge is 0.361 e. The number of rotatable bonds is 6. The first-order chi connectivity index (χ1) is 35.1. The maximum absolute atomic E-state index is 13.5. The highest BCUT2D eigenvalue weighted by atomic mass is 32.2. The van der Waals surface area contributed by atoms with Crippen LogP contribution in [0.2, 0.25) is 0 Å². The van der Waals surface area contributed by atoms with Crippen molar-refractivity contribution in [2.24, 2.45) is 11.7 Å². The molecule has 2 bridgehead atoms. The summed E-state index contributed by atoms with van der Waals surface area (Å²) in [7, 11) is -2.09. The highest BCUT2D eigenvalue weighted by Gasteiger charge is 2.67. The van der Waals surface area contributed by atoms with E-state index >= 15 is 0 Å². The number of methoxy groups -OCH3 is 1. The Labute approximate surface area is 427 Å². The number of imide groups is 2. The molecule has 0 radical (unpaired) electrons. The summed E-state index contributed by atoms with van der Waals surface area (Å²) in [5.41, 5.74) is 15.8. The van der Waals surface area contributed by atoms with Gasteiger partial charge in [-0.15, -0.1) is 0 Å². The third kappa shape index (κ3) is 5.90. The number of thioether (sulfide) groups is 1. The normalized spacial score (nSPS) is 25.7. The zero-order valence-electron chi connectivity index (χ0n) is 39.7. The van der Waals surface area contributed by atoms with Crippen LogP contribution in [0.5, 0.6) is 0 Å². The van der Waals surface area contributed by atoms with E-state index in [-0.39, 0.29) is 42.9 Å². The standard InChI is InChI=1S/C28H24N4O4S.C26H21N3O6S.CH4/c1-13(33)37-12-14-11-28(29)32-18-10-6-4-8-16(18)27(2)21-20(24(34)30-25(21)35)19-15-7-3-5-9-17(15)31(26(14)36-28)22(19)23(27)32;1-34-18-11-13(12-35-36(2,32)33)28-16-9-5-3-7-14(16)19-21-22(26(31)27-25(21)30)20-15-8-4-6-10-17(15)29(18)24(20)23(19)28;/h3-10,14,23,26H,11-12,29H2,1-2H3,(H,30,34,35);3-10,13,18H,11-12H2,1-2H3,(H,27,30,31);1H4/t14-,23?,26-,27?,28-;13-,18+;/m11./s1. The second-order valence-corrected chi connectivity index (χ2v) is 23.0. The molecular weight excluding hydrogens is 983 g/mol. The summed E-state index contributed by atoms with van der Waals surface area (Å²) in [6, 6.07) is 30.6. The van der Waals surface area contributed by atoms with Gasteiger partial charge >= 0.3 is 0 Å². The molecule has 3 aromatic heterocycles. The second-order valence-electron chi connectivity index (χ2n) is 20.1. The molecule has 8 aromatic rings. The number of amides is 4. The number of benzene rings is 5. The van der Waals surface area contributed by atoms with Crippen LogP contribution in [0.25, 0.3) is 60.1 Å². The van der Waals surface area contributed by atoms with E-state index in [1.807, 2.05) is 97.1 Å². The van der Waals surface area contributed by atoms with Gasteiger partial charge in [-0.1, -0.05) is 92.0 Å². The van der Waals surface area contributed by atoms with Gasteiger partial charge in [0, 0.05) is 87.8 Å². The van der Waals surface area contributed by atoms with E-state index in [9.17, 15) is 32.4 Å². The summed E-state index contributed by atoms with van der Waals surface area (Å²) in [4.78, 5) is 67.4. The van der Waals surface area contributed by atoms with Crippen LogP contribution in [0.3, 0.4) is 0 Å². The molecule has 7 atom stereocenters. The average molecular weight is 1030 g/mol. The number of anilines is 1. The van der Waals surface area contributed by atoms with Crippen molar-refractivity contribution in [1.82, 2.24) is 24.3 Å². The number of nitrogens with two attached hydrogens (primary N) is 1. The van der Waals surface area contributed by atoms with Gasteiger partial charge in [-0.05, 0) is 36.8 Å². The summed E-state index contributed by atoms with van der Waals surface area (Å²) in [5.74, 6) is -2.19. The maximum atomic E-state index is 13.5. The Kier molecular flexibility index (Phi) is 9.90. The molecule has 9 heterocycles. The van der Waals surface area contributed by atoms with E-state index in [1.165, 1.54) is 11.8 Å². The molecule has 5 aromatic carbocycles. The lowest BCUT2D eigenvalue weighted by Gasteiger charge is -2.45. The first kappa shape index (κ1) is 46.6. The molecule has 17 nitrogen and oxygen atoms in total. The number of nitrogens with zero attached hydrogens (tertiary/aromatic N) is 4. The van der Waals surface area contributed by atoms with E-state index in [0.29, 0.717) is 51.6 Å². The number of carbonyl (C=O) groups excluding carboxylic acids is 5. The van der Waals surface area contributed by atoms with Gasteiger partial charge in [0.2, 0.25) is 0 Å². The molecule has 0 saturated carbocycles. The van der Waals surface area contributed by atoms with Gasteiger partial charge in [0.1, 0.15) is 12.5 Å². The van der Waals surface area contributed by atoms with Gasteiger partial charge in [-0.2, -0.15) is 8.42 Å². The summed E-state index contributed by atoms with van der Waals surface area (Å²) in [6.45, 7) is 3.53. The number of carbonyl (C=O) groups is 5. The van der Waals surface area contributed by atoms with Crippen LogP contribution >= 0.6 is 11.8 Å². The lowest BCUT2D eigenvalue weighted by molar-refractivity contribution is -0.124. The number of nitrogens with one attached hydrogen (secondary N) is 2. The Morgan fingerprint density at radius 1 is 0.784 bits per heavy atom. The third-order valence-corrected chi connectivity index (χ3v) is 17.8. The Morgan fingerprint density at radius 2 is 1.35 bits per heavy atom. The van der Waals surface area contributed by atoms with Gasteiger partial charge in [0.05, 0.1) is 74.8 Å². The number of aromatic nitrogens is 3. The molecule has 376 valence electrons. The quantitative estimate of drug-likeness (QED) is 0.107. The number of hydrogen-bond donors (Lipinski definition) is 3. The molecule has 19 heteroatoms. The predicted octanol–water partition coefficient (Wildman–Crippen LogP) is 7.81. The molecule has 7 aliphatic rings. The summed E-state index contributed by atoms with van der Waals surface area (Å²) in [5, 5.41) is 9.08. The Bertz CT molecular complexity index is 4100. The molecule has 1 fully saturated rings. The lowest BCUT2D eigenvalue weighted by Crippen LogP contribution is -2.58. The fourth-order valence-corrected chi connectivity index (χ4v) is 14.9. The monoisotopic (exact) mass is 1030 g/mol. The van der Waals surface area contributed by atoms with Gasteiger partial charge in [0.25, 0.3) is 33.7 Å². The van der Waals surface area contributed by atoms with Crippen molar-refractivity contribution in [3.05, 3.63) is 131 Å². The lowest BCUT2D eigenvalue weighted by atomic mass is 9.65. The van der Waals surface area contributed by atoms with E-state index in [0.717, 1.165) is 72.5 Å². The smallest absolute Gasteiger partial charge is 0.264 e. The van der Waals surface area contributed by atoms with E-state index < -0.39 is 51.7 Å². The van der Waals surface area contributed by atoms with Crippen LogP contribution < -0.4 is 21.3 Å². The van der Waals surface area contributed by atoms with Crippen molar-refractivity contribution in [2.75, 3.05) is 30.6 Å². The molecule has 6 aliphatic heterocycles. The number of fused-ring (bicyclic) bond motifs is 21.